The van der Waals surface area contributed by atoms with Crippen LogP contribution in [-0.4, -0.2) is 49.4 Å². The molecule has 1 aliphatic heterocycles. The number of hydrogen-bond acceptors (Lipinski definition) is 5. The van der Waals surface area contributed by atoms with Gasteiger partial charge in [-0.05, 0) is 36.0 Å². The van der Waals surface area contributed by atoms with E-state index in [1.165, 1.54) is 23.7 Å². The Balaban J connectivity index is 1.54. The molecule has 2 aromatic heterocycles. The van der Waals surface area contributed by atoms with Crippen LogP contribution in [0.2, 0.25) is 0 Å². The van der Waals surface area contributed by atoms with E-state index in [1.54, 1.807) is 12.4 Å². The van der Waals surface area contributed by atoms with E-state index in [9.17, 15) is 4.79 Å². The van der Waals surface area contributed by atoms with Crippen LogP contribution in [0, 0.1) is 11.8 Å². The second-order valence-electron chi connectivity index (χ2n) is 8.15. The zero-order valence-electron chi connectivity index (χ0n) is 17.4. The summed E-state index contributed by atoms with van der Waals surface area (Å²) in [5, 5.41) is 9.62. The summed E-state index contributed by atoms with van der Waals surface area (Å²) >= 11 is 1.47. The van der Waals surface area contributed by atoms with Gasteiger partial charge in [0, 0.05) is 31.0 Å². The number of rotatable bonds is 6. The number of benzene rings is 1. The predicted octanol–water partition coefficient (Wildman–Crippen LogP) is 3.99. The molecular weight excluding hydrogens is 394 g/mol. The van der Waals surface area contributed by atoms with Crippen LogP contribution in [0.25, 0.3) is 11.4 Å². The van der Waals surface area contributed by atoms with Gasteiger partial charge in [-0.15, -0.1) is 10.2 Å². The van der Waals surface area contributed by atoms with Gasteiger partial charge in [0.2, 0.25) is 5.91 Å². The molecule has 0 bridgehead atoms. The van der Waals surface area contributed by atoms with Gasteiger partial charge in [-0.3, -0.25) is 14.3 Å². The molecule has 0 N–H and O–H groups in total. The molecule has 6 nitrogen and oxygen atoms in total. The van der Waals surface area contributed by atoms with E-state index in [0.29, 0.717) is 24.1 Å². The van der Waals surface area contributed by atoms with Crippen LogP contribution in [0.3, 0.4) is 0 Å². The summed E-state index contributed by atoms with van der Waals surface area (Å²) in [6, 6.07) is 14.1. The van der Waals surface area contributed by atoms with Crippen LogP contribution in [0.15, 0.2) is 60.0 Å². The Morgan fingerprint density at radius 2 is 1.73 bits per heavy atom. The van der Waals surface area contributed by atoms with Crippen molar-refractivity contribution < 1.29 is 4.79 Å². The standard InChI is InChI=1S/C23H27N5OS/c1-17-12-18(2)14-27(13-17)21(29)16-30-23-26-25-22(20-8-10-24-11-9-20)28(23)15-19-6-4-3-5-7-19/h3-11,17-18H,12-16H2,1-2H3/t17-,18+. The molecule has 156 valence electrons. The van der Waals surface area contributed by atoms with Crippen LogP contribution in [0.5, 0.6) is 0 Å². The predicted molar refractivity (Wildman–Crippen MR) is 119 cm³/mol. The maximum atomic E-state index is 12.8. The number of carbonyl (C=O) groups excluding carboxylic acids is 1. The van der Waals surface area contributed by atoms with E-state index in [4.69, 9.17) is 0 Å². The van der Waals surface area contributed by atoms with Gasteiger partial charge in [0.05, 0.1) is 12.3 Å². The third-order valence-electron chi connectivity index (χ3n) is 5.39. The summed E-state index contributed by atoms with van der Waals surface area (Å²) in [5.74, 6) is 2.46. The van der Waals surface area contributed by atoms with Crippen molar-refractivity contribution in [2.75, 3.05) is 18.8 Å². The Bertz CT molecular complexity index is 966. The maximum Gasteiger partial charge on any atom is 0.233 e. The van der Waals surface area contributed by atoms with Crippen LogP contribution < -0.4 is 0 Å². The summed E-state index contributed by atoms with van der Waals surface area (Å²) < 4.78 is 2.09. The summed E-state index contributed by atoms with van der Waals surface area (Å²) in [5.41, 5.74) is 2.13. The Morgan fingerprint density at radius 1 is 1.03 bits per heavy atom. The van der Waals surface area contributed by atoms with Crippen molar-refractivity contribution in [3.8, 4) is 11.4 Å². The van der Waals surface area contributed by atoms with E-state index >= 15 is 0 Å². The highest BCUT2D eigenvalue weighted by Crippen LogP contribution is 2.26. The molecule has 1 saturated heterocycles. The van der Waals surface area contributed by atoms with Crippen molar-refractivity contribution in [2.45, 2.75) is 32.0 Å². The smallest absolute Gasteiger partial charge is 0.233 e. The zero-order valence-corrected chi connectivity index (χ0v) is 18.3. The molecule has 0 aliphatic carbocycles. The number of carbonyl (C=O) groups is 1. The molecule has 1 amide bonds. The minimum atomic E-state index is 0.179. The number of likely N-dealkylation sites (tertiary alicyclic amines) is 1. The van der Waals surface area contributed by atoms with Crippen LogP contribution in [-0.2, 0) is 11.3 Å². The first-order valence-electron chi connectivity index (χ1n) is 10.4. The lowest BCUT2D eigenvalue weighted by Crippen LogP contribution is -2.43. The average Bonchev–Trinajstić information content (AvgIpc) is 3.15. The van der Waals surface area contributed by atoms with Gasteiger partial charge in [0.25, 0.3) is 0 Å². The fraction of sp³-hybridized carbons (Fsp3) is 0.391. The largest absolute Gasteiger partial charge is 0.341 e. The molecule has 0 unspecified atom stereocenters. The Kier molecular flexibility index (Phi) is 6.47. The highest BCUT2D eigenvalue weighted by atomic mass is 32.2. The first kappa shape index (κ1) is 20.6. The fourth-order valence-electron chi connectivity index (χ4n) is 4.10. The number of hydrogen-bond donors (Lipinski definition) is 0. The first-order valence-corrected chi connectivity index (χ1v) is 11.4. The second kappa shape index (κ2) is 9.43. The monoisotopic (exact) mass is 421 g/mol. The lowest BCUT2D eigenvalue weighted by atomic mass is 9.92. The van der Waals surface area contributed by atoms with Gasteiger partial charge in [-0.25, -0.2) is 0 Å². The van der Waals surface area contributed by atoms with E-state index in [0.717, 1.165) is 29.6 Å². The quantitative estimate of drug-likeness (QED) is 0.563. The van der Waals surface area contributed by atoms with Crippen molar-refractivity contribution in [1.29, 1.82) is 0 Å². The van der Waals surface area contributed by atoms with Gasteiger partial charge in [0.1, 0.15) is 0 Å². The number of nitrogens with zero attached hydrogens (tertiary/aromatic N) is 5. The maximum absolute atomic E-state index is 12.8. The van der Waals surface area contributed by atoms with Crippen molar-refractivity contribution in [1.82, 2.24) is 24.6 Å². The van der Waals surface area contributed by atoms with Crippen molar-refractivity contribution >= 4 is 17.7 Å². The van der Waals surface area contributed by atoms with Gasteiger partial charge in [-0.2, -0.15) is 0 Å². The molecule has 0 spiro atoms. The van der Waals surface area contributed by atoms with Gasteiger partial charge in [-0.1, -0.05) is 55.9 Å². The summed E-state index contributed by atoms with van der Waals surface area (Å²) in [6.07, 6.45) is 4.70. The molecule has 30 heavy (non-hydrogen) atoms. The van der Waals surface area contributed by atoms with E-state index in [-0.39, 0.29) is 5.91 Å². The SMILES string of the molecule is C[C@@H]1C[C@H](C)CN(C(=O)CSc2nnc(-c3ccncc3)n2Cc2ccccc2)C1. The number of amides is 1. The molecule has 3 aromatic rings. The molecule has 2 atom stereocenters. The first-order chi connectivity index (χ1) is 14.6. The highest BCUT2D eigenvalue weighted by molar-refractivity contribution is 7.99. The van der Waals surface area contributed by atoms with Crippen molar-refractivity contribution in [3.63, 3.8) is 0 Å². The molecular formula is C23H27N5OS. The molecule has 3 heterocycles. The molecule has 1 aromatic carbocycles. The van der Waals surface area contributed by atoms with Crippen molar-refractivity contribution in [2.24, 2.45) is 11.8 Å². The Hall–Kier alpha value is -2.67. The van der Waals surface area contributed by atoms with Gasteiger partial charge in [0.15, 0.2) is 11.0 Å². The molecule has 4 rings (SSSR count). The Labute approximate surface area is 181 Å². The number of pyridine rings is 1. The highest BCUT2D eigenvalue weighted by Gasteiger charge is 2.26. The van der Waals surface area contributed by atoms with Crippen molar-refractivity contribution in [3.05, 3.63) is 60.4 Å². The zero-order chi connectivity index (χ0) is 20.9. The second-order valence-corrected chi connectivity index (χ2v) is 9.09. The average molecular weight is 422 g/mol. The third-order valence-corrected chi connectivity index (χ3v) is 6.34. The number of piperidine rings is 1. The minimum absolute atomic E-state index is 0.179. The van der Waals surface area contributed by atoms with Gasteiger partial charge >= 0.3 is 0 Å². The molecule has 1 aliphatic rings. The molecule has 0 saturated carbocycles. The van der Waals surface area contributed by atoms with Crippen LogP contribution in [0.4, 0.5) is 0 Å². The summed E-state index contributed by atoms with van der Waals surface area (Å²) in [6.45, 7) is 6.80. The lowest BCUT2D eigenvalue weighted by Gasteiger charge is -2.35. The number of aromatic nitrogens is 4. The Morgan fingerprint density at radius 3 is 2.43 bits per heavy atom. The number of thioether (sulfide) groups is 1. The molecule has 1 fully saturated rings. The third kappa shape index (κ3) is 4.90. The van der Waals surface area contributed by atoms with Crippen LogP contribution in [0.1, 0.15) is 25.8 Å². The molecule has 7 heteroatoms. The summed E-state index contributed by atoms with van der Waals surface area (Å²) in [7, 11) is 0. The fourth-order valence-corrected chi connectivity index (χ4v) is 4.94. The lowest BCUT2D eigenvalue weighted by molar-refractivity contribution is -0.130. The normalized spacial score (nSPS) is 19.1. The molecule has 0 radical (unpaired) electrons. The van der Waals surface area contributed by atoms with Gasteiger partial charge < -0.3 is 4.90 Å². The van der Waals surface area contributed by atoms with Crippen LogP contribution >= 0.6 is 11.8 Å². The summed E-state index contributed by atoms with van der Waals surface area (Å²) in [4.78, 5) is 19.0. The topological polar surface area (TPSA) is 63.9 Å². The van der Waals surface area contributed by atoms with E-state index in [2.05, 4.69) is 45.7 Å². The van der Waals surface area contributed by atoms with E-state index < -0.39 is 0 Å². The minimum Gasteiger partial charge on any atom is -0.341 e. The van der Waals surface area contributed by atoms with E-state index in [1.807, 2.05) is 35.2 Å².